The van der Waals surface area contributed by atoms with Gasteiger partial charge >= 0.3 is 0 Å². The van der Waals surface area contributed by atoms with Crippen molar-refractivity contribution in [2.24, 2.45) is 11.3 Å². The number of hydrogen-bond donors (Lipinski definition) is 0. The molecule has 17 heavy (non-hydrogen) atoms. The molecule has 1 aliphatic rings. The van der Waals surface area contributed by atoms with E-state index in [1.165, 1.54) is 12.8 Å². The summed E-state index contributed by atoms with van der Waals surface area (Å²) in [5, 5.41) is 0. The maximum absolute atomic E-state index is 12.5. The lowest BCUT2D eigenvalue weighted by molar-refractivity contribution is -0.126. The second-order valence-corrected chi connectivity index (χ2v) is 5.84. The van der Waals surface area contributed by atoms with Gasteiger partial charge in [0.15, 0.2) is 0 Å². The number of nitrogens with zero attached hydrogens (tertiary/aromatic N) is 1. The van der Waals surface area contributed by atoms with E-state index < -0.39 is 0 Å². The van der Waals surface area contributed by atoms with Crippen LogP contribution in [0.15, 0.2) is 24.5 Å². The molecule has 1 fully saturated rings. The molecule has 1 aromatic rings. The highest BCUT2D eigenvalue weighted by atomic mass is 16.1. The first-order valence-corrected chi connectivity index (χ1v) is 6.46. The van der Waals surface area contributed by atoms with Crippen LogP contribution in [-0.2, 0) is 4.79 Å². The first-order valence-electron chi connectivity index (χ1n) is 6.46. The highest BCUT2D eigenvalue weighted by molar-refractivity contribution is 5.88. The van der Waals surface area contributed by atoms with Crippen LogP contribution in [0, 0.1) is 11.3 Å². The Morgan fingerprint density at radius 2 is 2.06 bits per heavy atom. The number of aromatic nitrogens is 1. The summed E-state index contributed by atoms with van der Waals surface area (Å²) in [6, 6.07) is 3.90. The maximum Gasteiger partial charge on any atom is 0.143 e. The number of hydrogen-bond acceptors (Lipinski definition) is 2. The average Bonchev–Trinajstić information content (AvgIpc) is 2.68. The number of ketones is 1. The smallest absolute Gasteiger partial charge is 0.143 e. The molecule has 0 N–H and O–H groups in total. The van der Waals surface area contributed by atoms with Crippen molar-refractivity contribution in [3.63, 3.8) is 0 Å². The Balaban J connectivity index is 2.16. The molecule has 1 heterocycles. The Bertz CT molecular complexity index is 397. The van der Waals surface area contributed by atoms with Crippen molar-refractivity contribution in [2.75, 3.05) is 0 Å². The predicted octanol–water partition coefficient (Wildman–Crippen LogP) is 3.58. The number of Topliss-reactive ketones (excluding diaryl/α,β-unsaturated/α-hetero) is 1. The van der Waals surface area contributed by atoms with E-state index in [0.29, 0.717) is 5.78 Å². The SMILES string of the molecule is CC(C(=O)C1CCCC1(C)C)c1ccncc1. The van der Waals surface area contributed by atoms with Gasteiger partial charge in [0.2, 0.25) is 0 Å². The molecule has 2 unspecified atom stereocenters. The summed E-state index contributed by atoms with van der Waals surface area (Å²) in [6.45, 7) is 6.47. The standard InChI is InChI=1S/C15H21NO/c1-11(12-6-9-16-10-7-12)14(17)13-5-4-8-15(13,2)3/h6-7,9-11,13H,4-5,8H2,1-3H3. The molecule has 1 aliphatic carbocycles. The summed E-state index contributed by atoms with van der Waals surface area (Å²) in [6.07, 6.45) is 6.94. The van der Waals surface area contributed by atoms with Crippen molar-refractivity contribution in [3.05, 3.63) is 30.1 Å². The molecule has 0 aliphatic heterocycles. The van der Waals surface area contributed by atoms with Gasteiger partial charge < -0.3 is 0 Å². The highest BCUT2D eigenvalue weighted by Crippen LogP contribution is 2.45. The Hall–Kier alpha value is -1.18. The molecule has 0 saturated heterocycles. The fourth-order valence-electron chi connectivity index (χ4n) is 2.97. The summed E-state index contributed by atoms with van der Waals surface area (Å²) < 4.78 is 0. The molecule has 0 aromatic carbocycles. The molecule has 0 bridgehead atoms. The fraction of sp³-hybridized carbons (Fsp3) is 0.600. The molecule has 1 saturated carbocycles. The summed E-state index contributed by atoms with van der Waals surface area (Å²) in [4.78, 5) is 16.5. The van der Waals surface area contributed by atoms with Crippen LogP contribution in [0.2, 0.25) is 0 Å². The van der Waals surface area contributed by atoms with Crippen LogP contribution in [0.25, 0.3) is 0 Å². The van der Waals surface area contributed by atoms with Gasteiger partial charge in [-0.15, -0.1) is 0 Å². The highest BCUT2D eigenvalue weighted by Gasteiger charge is 2.40. The minimum absolute atomic E-state index is 0.000347. The van der Waals surface area contributed by atoms with E-state index in [0.717, 1.165) is 12.0 Å². The van der Waals surface area contributed by atoms with Gasteiger partial charge in [-0.25, -0.2) is 0 Å². The third-order valence-corrected chi connectivity index (χ3v) is 4.23. The molecule has 1 aromatic heterocycles. The van der Waals surface area contributed by atoms with Crippen LogP contribution in [0.3, 0.4) is 0 Å². The van der Waals surface area contributed by atoms with Gasteiger partial charge in [-0.05, 0) is 36.0 Å². The summed E-state index contributed by atoms with van der Waals surface area (Å²) in [5.74, 6) is 0.629. The summed E-state index contributed by atoms with van der Waals surface area (Å²) >= 11 is 0. The molecule has 0 spiro atoms. The van der Waals surface area contributed by atoms with E-state index in [9.17, 15) is 4.79 Å². The van der Waals surface area contributed by atoms with Crippen LogP contribution >= 0.6 is 0 Å². The molecule has 0 amide bonds. The van der Waals surface area contributed by atoms with E-state index in [2.05, 4.69) is 18.8 Å². The number of carbonyl (C=O) groups excluding carboxylic acids is 1. The molecule has 2 atom stereocenters. The Kier molecular flexibility index (Phi) is 3.32. The van der Waals surface area contributed by atoms with Gasteiger partial charge in [0.05, 0.1) is 0 Å². The monoisotopic (exact) mass is 231 g/mol. The van der Waals surface area contributed by atoms with Crippen LogP contribution in [-0.4, -0.2) is 10.8 Å². The van der Waals surface area contributed by atoms with Crippen LogP contribution in [0.1, 0.15) is 51.5 Å². The topological polar surface area (TPSA) is 30.0 Å². The van der Waals surface area contributed by atoms with E-state index >= 15 is 0 Å². The Morgan fingerprint density at radius 1 is 1.41 bits per heavy atom. The van der Waals surface area contributed by atoms with Crippen LogP contribution in [0.5, 0.6) is 0 Å². The van der Waals surface area contributed by atoms with Crippen molar-refractivity contribution in [1.29, 1.82) is 0 Å². The third-order valence-electron chi connectivity index (χ3n) is 4.23. The minimum Gasteiger partial charge on any atom is -0.299 e. The van der Waals surface area contributed by atoms with Gasteiger partial charge in [-0.1, -0.05) is 27.2 Å². The van der Waals surface area contributed by atoms with Crippen molar-refractivity contribution in [1.82, 2.24) is 4.98 Å². The molecule has 2 rings (SSSR count). The molecular formula is C15H21NO. The summed E-state index contributed by atoms with van der Waals surface area (Å²) in [5.41, 5.74) is 1.27. The maximum atomic E-state index is 12.5. The Labute approximate surface area is 103 Å². The molecule has 2 heteroatoms. The molecule has 2 nitrogen and oxygen atoms in total. The normalized spacial score (nSPS) is 24.5. The lowest BCUT2D eigenvalue weighted by Crippen LogP contribution is -2.29. The second-order valence-electron chi connectivity index (χ2n) is 5.84. The van der Waals surface area contributed by atoms with Crippen molar-refractivity contribution < 1.29 is 4.79 Å². The third kappa shape index (κ3) is 2.41. The Morgan fingerprint density at radius 3 is 2.59 bits per heavy atom. The first-order chi connectivity index (χ1) is 8.02. The second kappa shape index (κ2) is 4.59. The first kappa shape index (κ1) is 12.3. The van der Waals surface area contributed by atoms with Crippen LogP contribution in [0.4, 0.5) is 0 Å². The van der Waals surface area contributed by atoms with E-state index in [4.69, 9.17) is 0 Å². The quantitative estimate of drug-likeness (QED) is 0.796. The zero-order valence-corrected chi connectivity index (χ0v) is 10.9. The minimum atomic E-state index is 0.000347. The molecule has 0 radical (unpaired) electrons. The van der Waals surface area contributed by atoms with E-state index in [1.54, 1.807) is 12.4 Å². The van der Waals surface area contributed by atoms with E-state index in [-0.39, 0.29) is 17.3 Å². The van der Waals surface area contributed by atoms with Crippen LogP contribution < -0.4 is 0 Å². The zero-order chi connectivity index (χ0) is 12.5. The summed E-state index contributed by atoms with van der Waals surface area (Å²) in [7, 11) is 0. The zero-order valence-electron chi connectivity index (χ0n) is 10.9. The van der Waals surface area contributed by atoms with Gasteiger partial charge in [0.1, 0.15) is 5.78 Å². The molecule has 92 valence electrons. The number of carbonyl (C=O) groups is 1. The lowest BCUT2D eigenvalue weighted by Gasteiger charge is -2.28. The van der Waals surface area contributed by atoms with Gasteiger partial charge in [-0.3, -0.25) is 9.78 Å². The fourth-order valence-corrected chi connectivity index (χ4v) is 2.97. The van der Waals surface area contributed by atoms with Crippen molar-refractivity contribution >= 4 is 5.78 Å². The van der Waals surface area contributed by atoms with Gasteiger partial charge in [-0.2, -0.15) is 0 Å². The number of pyridine rings is 1. The lowest BCUT2D eigenvalue weighted by atomic mass is 9.75. The van der Waals surface area contributed by atoms with Crippen molar-refractivity contribution in [2.45, 2.75) is 46.0 Å². The number of rotatable bonds is 3. The predicted molar refractivity (Wildman–Crippen MR) is 68.8 cm³/mol. The average molecular weight is 231 g/mol. The molecular weight excluding hydrogens is 210 g/mol. The van der Waals surface area contributed by atoms with Crippen molar-refractivity contribution in [3.8, 4) is 0 Å². The largest absolute Gasteiger partial charge is 0.299 e. The van der Waals surface area contributed by atoms with E-state index in [1.807, 2.05) is 19.1 Å². The van der Waals surface area contributed by atoms with Gasteiger partial charge in [0, 0.05) is 24.2 Å². The van der Waals surface area contributed by atoms with Gasteiger partial charge in [0.25, 0.3) is 0 Å².